The van der Waals surface area contributed by atoms with Crippen LogP contribution in [0.3, 0.4) is 0 Å². The lowest BCUT2D eigenvalue weighted by atomic mass is 9.94. The summed E-state index contributed by atoms with van der Waals surface area (Å²) >= 11 is 0. The van der Waals surface area contributed by atoms with Crippen molar-refractivity contribution in [1.82, 2.24) is 4.98 Å². The van der Waals surface area contributed by atoms with Gasteiger partial charge in [-0.15, -0.1) is 0 Å². The number of aldehydes is 1. The highest BCUT2D eigenvalue weighted by molar-refractivity contribution is 5.51. The molecule has 0 spiro atoms. The van der Waals surface area contributed by atoms with Crippen LogP contribution in [0.5, 0.6) is 0 Å². The molecule has 1 unspecified atom stereocenters. The van der Waals surface area contributed by atoms with Crippen molar-refractivity contribution in [1.29, 1.82) is 0 Å². The van der Waals surface area contributed by atoms with Gasteiger partial charge in [-0.1, -0.05) is 0 Å². The molecule has 1 heterocycles. The molecule has 1 rings (SSSR count). The molecular weight excluding hydrogens is 166 g/mol. The molecule has 0 aliphatic rings. The Morgan fingerprint density at radius 2 is 2.15 bits per heavy atom. The Kier molecular flexibility index (Phi) is 3.14. The first-order valence-corrected chi connectivity index (χ1v) is 4.19. The second-order valence-electron chi connectivity index (χ2n) is 3.40. The van der Waals surface area contributed by atoms with E-state index in [0.717, 1.165) is 11.8 Å². The number of hydrogen-bond acceptors (Lipinski definition) is 3. The van der Waals surface area contributed by atoms with Crippen molar-refractivity contribution in [2.24, 2.45) is 0 Å². The molecule has 70 valence electrons. The number of aliphatic hydroxyl groups is 1. The predicted octanol–water partition coefficient (Wildman–Crippen LogP) is 0.964. The SMILES string of the molecule is CC(O)(CC=O)Cc1ccncc1. The fraction of sp³-hybridized carbons (Fsp3) is 0.400. The molecule has 3 heteroatoms. The van der Waals surface area contributed by atoms with Crippen LogP contribution in [0, 0.1) is 0 Å². The number of rotatable bonds is 4. The first kappa shape index (κ1) is 9.86. The van der Waals surface area contributed by atoms with E-state index >= 15 is 0 Å². The molecule has 0 bridgehead atoms. The Morgan fingerprint density at radius 3 is 2.69 bits per heavy atom. The van der Waals surface area contributed by atoms with Gasteiger partial charge in [-0.05, 0) is 24.6 Å². The molecule has 1 atom stereocenters. The second-order valence-corrected chi connectivity index (χ2v) is 3.40. The van der Waals surface area contributed by atoms with Crippen molar-refractivity contribution in [2.45, 2.75) is 25.4 Å². The van der Waals surface area contributed by atoms with Gasteiger partial charge < -0.3 is 9.90 Å². The quantitative estimate of drug-likeness (QED) is 0.700. The maximum Gasteiger partial charge on any atom is 0.122 e. The first-order valence-electron chi connectivity index (χ1n) is 4.19. The molecule has 1 aromatic heterocycles. The Morgan fingerprint density at radius 1 is 1.54 bits per heavy atom. The van der Waals surface area contributed by atoms with Crippen molar-refractivity contribution in [3.05, 3.63) is 30.1 Å². The van der Waals surface area contributed by atoms with Crippen LogP contribution in [0.25, 0.3) is 0 Å². The van der Waals surface area contributed by atoms with Gasteiger partial charge in [0.15, 0.2) is 0 Å². The van der Waals surface area contributed by atoms with Crippen LogP contribution in [0.15, 0.2) is 24.5 Å². The Hall–Kier alpha value is -1.22. The highest BCUT2D eigenvalue weighted by Crippen LogP contribution is 2.14. The summed E-state index contributed by atoms with van der Waals surface area (Å²) in [6.45, 7) is 1.65. The standard InChI is InChI=1S/C10H13NO2/c1-10(13,4-7-12)8-9-2-5-11-6-3-9/h2-3,5-7,13H,4,8H2,1H3. The van der Waals surface area contributed by atoms with Gasteiger partial charge in [0.2, 0.25) is 0 Å². The summed E-state index contributed by atoms with van der Waals surface area (Å²) in [5, 5.41) is 9.72. The highest BCUT2D eigenvalue weighted by atomic mass is 16.3. The van der Waals surface area contributed by atoms with Gasteiger partial charge in [-0.25, -0.2) is 0 Å². The molecule has 0 aliphatic carbocycles. The average Bonchev–Trinajstić information content (AvgIpc) is 2.04. The Labute approximate surface area is 77.4 Å². The lowest BCUT2D eigenvalue weighted by Gasteiger charge is -2.19. The summed E-state index contributed by atoms with van der Waals surface area (Å²) in [6, 6.07) is 3.67. The van der Waals surface area contributed by atoms with Gasteiger partial charge in [0.1, 0.15) is 6.29 Å². The summed E-state index contributed by atoms with van der Waals surface area (Å²) < 4.78 is 0. The van der Waals surface area contributed by atoms with Crippen molar-refractivity contribution in [2.75, 3.05) is 0 Å². The van der Waals surface area contributed by atoms with E-state index in [1.54, 1.807) is 19.3 Å². The van der Waals surface area contributed by atoms with E-state index in [1.165, 1.54) is 0 Å². The molecule has 0 saturated carbocycles. The Bertz CT molecular complexity index is 270. The van der Waals surface area contributed by atoms with Crippen LogP contribution < -0.4 is 0 Å². The minimum absolute atomic E-state index is 0.162. The predicted molar refractivity (Wildman–Crippen MR) is 49.2 cm³/mol. The molecule has 0 aromatic carbocycles. The number of aromatic nitrogens is 1. The van der Waals surface area contributed by atoms with E-state index < -0.39 is 5.60 Å². The van der Waals surface area contributed by atoms with E-state index in [0.29, 0.717) is 6.42 Å². The fourth-order valence-electron chi connectivity index (χ4n) is 1.19. The number of pyridine rings is 1. The van der Waals surface area contributed by atoms with Gasteiger partial charge in [-0.2, -0.15) is 0 Å². The Balaban J connectivity index is 2.63. The molecule has 3 nitrogen and oxygen atoms in total. The number of carbonyl (C=O) groups excluding carboxylic acids is 1. The zero-order valence-electron chi connectivity index (χ0n) is 7.60. The number of carbonyl (C=O) groups is 1. The third-order valence-electron chi connectivity index (χ3n) is 1.86. The maximum atomic E-state index is 10.2. The minimum Gasteiger partial charge on any atom is -0.389 e. The molecule has 0 aliphatic heterocycles. The largest absolute Gasteiger partial charge is 0.389 e. The normalized spacial score (nSPS) is 14.9. The summed E-state index contributed by atoms with van der Waals surface area (Å²) in [5.41, 5.74) is 0.0465. The lowest BCUT2D eigenvalue weighted by Crippen LogP contribution is -2.27. The zero-order valence-corrected chi connectivity index (χ0v) is 7.60. The molecular formula is C10H13NO2. The number of nitrogens with zero attached hydrogens (tertiary/aromatic N) is 1. The molecule has 0 radical (unpaired) electrons. The fourth-order valence-corrected chi connectivity index (χ4v) is 1.19. The van der Waals surface area contributed by atoms with E-state index in [9.17, 15) is 9.90 Å². The lowest BCUT2D eigenvalue weighted by molar-refractivity contribution is -0.111. The van der Waals surface area contributed by atoms with E-state index in [1.807, 2.05) is 12.1 Å². The van der Waals surface area contributed by atoms with Crippen molar-refractivity contribution in [3.63, 3.8) is 0 Å². The van der Waals surface area contributed by atoms with E-state index in [4.69, 9.17) is 0 Å². The van der Waals surface area contributed by atoms with Gasteiger partial charge in [-0.3, -0.25) is 4.98 Å². The van der Waals surface area contributed by atoms with Crippen molar-refractivity contribution < 1.29 is 9.90 Å². The van der Waals surface area contributed by atoms with E-state index in [-0.39, 0.29) is 6.42 Å². The molecule has 0 amide bonds. The van der Waals surface area contributed by atoms with Gasteiger partial charge in [0.25, 0.3) is 0 Å². The van der Waals surface area contributed by atoms with Crippen LogP contribution in [0.1, 0.15) is 18.9 Å². The molecule has 1 N–H and O–H groups in total. The van der Waals surface area contributed by atoms with Gasteiger partial charge in [0, 0.05) is 25.2 Å². The highest BCUT2D eigenvalue weighted by Gasteiger charge is 2.19. The van der Waals surface area contributed by atoms with Gasteiger partial charge >= 0.3 is 0 Å². The van der Waals surface area contributed by atoms with Crippen molar-refractivity contribution in [3.8, 4) is 0 Å². The third kappa shape index (κ3) is 3.34. The zero-order chi connectivity index (χ0) is 9.73. The molecule has 13 heavy (non-hydrogen) atoms. The summed E-state index contributed by atoms with van der Waals surface area (Å²) in [5.74, 6) is 0. The summed E-state index contributed by atoms with van der Waals surface area (Å²) in [6.07, 6.45) is 4.73. The topological polar surface area (TPSA) is 50.2 Å². The maximum absolute atomic E-state index is 10.2. The molecule has 0 fully saturated rings. The van der Waals surface area contributed by atoms with Crippen LogP contribution in [0.4, 0.5) is 0 Å². The first-order chi connectivity index (χ1) is 6.14. The second kappa shape index (κ2) is 4.14. The summed E-state index contributed by atoms with van der Waals surface area (Å²) in [7, 11) is 0. The average molecular weight is 179 g/mol. The van der Waals surface area contributed by atoms with Crippen LogP contribution >= 0.6 is 0 Å². The van der Waals surface area contributed by atoms with Crippen LogP contribution in [-0.4, -0.2) is 22.0 Å². The van der Waals surface area contributed by atoms with Crippen molar-refractivity contribution >= 4 is 6.29 Å². The monoisotopic (exact) mass is 179 g/mol. The minimum atomic E-state index is -0.941. The summed E-state index contributed by atoms with van der Waals surface area (Å²) in [4.78, 5) is 14.1. The molecule has 1 aromatic rings. The molecule has 0 saturated heterocycles. The third-order valence-corrected chi connectivity index (χ3v) is 1.86. The van der Waals surface area contributed by atoms with Crippen LogP contribution in [-0.2, 0) is 11.2 Å². The number of hydrogen-bond donors (Lipinski definition) is 1. The van der Waals surface area contributed by atoms with Crippen LogP contribution in [0.2, 0.25) is 0 Å². The van der Waals surface area contributed by atoms with E-state index in [2.05, 4.69) is 4.98 Å². The van der Waals surface area contributed by atoms with Gasteiger partial charge in [0.05, 0.1) is 5.60 Å². The smallest absolute Gasteiger partial charge is 0.122 e.